The Morgan fingerprint density at radius 3 is 2.10 bits per heavy atom. The van der Waals surface area contributed by atoms with Gasteiger partial charge in [-0.05, 0) is 48.2 Å². The predicted octanol–water partition coefficient (Wildman–Crippen LogP) is 3.51. The summed E-state index contributed by atoms with van der Waals surface area (Å²) < 4.78 is 43.7. The lowest BCUT2D eigenvalue weighted by atomic mass is 10.0. The predicted molar refractivity (Wildman–Crippen MR) is 75.1 cm³/mol. The van der Waals surface area contributed by atoms with Crippen LogP contribution in [0.15, 0.2) is 47.4 Å². The van der Waals surface area contributed by atoms with Crippen molar-refractivity contribution in [2.75, 3.05) is 0 Å². The minimum atomic E-state index is -4.30. The smallest absolute Gasteiger partial charge is 0.282 e. The number of hydrogen-bond acceptors (Lipinski definition) is 2. The molecule has 0 aliphatic heterocycles. The van der Waals surface area contributed by atoms with Crippen LogP contribution in [0.5, 0.6) is 0 Å². The van der Waals surface area contributed by atoms with Gasteiger partial charge in [0.2, 0.25) is 0 Å². The van der Waals surface area contributed by atoms with Crippen LogP contribution < -0.4 is 0 Å². The van der Waals surface area contributed by atoms with E-state index < -0.39 is 10.1 Å². The minimum Gasteiger partial charge on any atom is -0.282 e. The molecule has 2 aromatic rings. The molecule has 0 amide bonds. The second kappa shape index (κ2) is 5.91. The summed E-state index contributed by atoms with van der Waals surface area (Å²) in [6.45, 7) is 0. The van der Waals surface area contributed by atoms with Gasteiger partial charge in [-0.25, -0.2) is 4.39 Å². The van der Waals surface area contributed by atoms with Gasteiger partial charge in [0.15, 0.2) is 0 Å². The highest BCUT2D eigenvalue weighted by Gasteiger charge is 2.14. The molecule has 3 nitrogen and oxygen atoms in total. The van der Waals surface area contributed by atoms with Crippen molar-refractivity contribution in [2.24, 2.45) is 0 Å². The van der Waals surface area contributed by atoms with E-state index in [4.69, 9.17) is 16.2 Å². The van der Waals surface area contributed by atoms with Gasteiger partial charge in [-0.3, -0.25) is 4.55 Å². The maximum atomic E-state index is 12.8. The first-order valence-electron chi connectivity index (χ1n) is 5.86. The molecule has 0 aliphatic carbocycles. The van der Waals surface area contributed by atoms with Crippen molar-refractivity contribution in [1.82, 2.24) is 0 Å². The molecule has 0 fully saturated rings. The molecule has 106 valence electrons. The lowest BCUT2D eigenvalue weighted by Gasteiger charge is -2.05. The summed E-state index contributed by atoms with van der Waals surface area (Å²) in [4.78, 5) is -0.301. The Bertz CT molecular complexity index is 712. The number of hydrogen-bond donors (Lipinski definition) is 1. The molecule has 2 rings (SSSR count). The Morgan fingerprint density at radius 2 is 1.55 bits per heavy atom. The van der Waals surface area contributed by atoms with E-state index in [1.807, 2.05) is 0 Å². The van der Waals surface area contributed by atoms with Gasteiger partial charge < -0.3 is 0 Å². The van der Waals surface area contributed by atoms with Crippen molar-refractivity contribution in [3.05, 3.63) is 64.4 Å². The summed E-state index contributed by atoms with van der Waals surface area (Å²) in [5.41, 5.74) is 1.81. The molecule has 0 saturated heterocycles. The summed E-state index contributed by atoms with van der Waals surface area (Å²) in [5, 5.41) is -0.0101. The first kappa shape index (κ1) is 15.0. The fourth-order valence-corrected chi connectivity index (χ4v) is 2.89. The van der Waals surface area contributed by atoms with Gasteiger partial charge in [0.1, 0.15) is 10.7 Å². The van der Waals surface area contributed by atoms with Crippen LogP contribution in [0.3, 0.4) is 0 Å². The number of benzene rings is 2. The van der Waals surface area contributed by atoms with E-state index in [-0.39, 0.29) is 15.7 Å². The van der Waals surface area contributed by atoms with E-state index in [0.717, 1.165) is 11.1 Å². The fourth-order valence-electron chi connectivity index (χ4n) is 1.85. The van der Waals surface area contributed by atoms with Crippen LogP contribution in [0.1, 0.15) is 11.1 Å². The zero-order valence-electron chi connectivity index (χ0n) is 10.4. The van der Waals surface area contributed by atoms with E-state index in [1.54, 1.807) is 18.2 Å². The van der Waals surface area contributed by atoms with Crippen LogP contribution in [0.2, 0.25) is 5.02 Å². The molecule has 20 heavy (non-hydrogen) atoms. The maximum absolute atomic E-state index is 12.8. The largest absolute Gasteiger partial charge is 0.296 e. The van der Waals surface area contributed by atoms with E-state index in [2.05, 4.69) is 0 Å². The molecule has 0 heterocycles. The topological polar surface area (TPSA) is 54.4 Å². The highest BCUT2D eigenvalue weighted by atomic mass is 35.5. The summed E-state index contributed by atoms with van der Waals surface area (Å²) in [7, 11) is -4.30. The van der Waals surface area contributed by atoms with Gasteiger partial charge in [-0.15, -0.1) is 0 Å². The SMILES string of the molecule is O=S(=O)(O)c1ccc(CCc2ccc(F)cc2)cc1Cl. The van der Waals surface area contributed by atoms with Gasteiger partial charge in [-0.2, -0.15) is 8.42 Å². The minimum absolute atomic E-state index is 0.0101. The Kier molecular flexibility index (Phi) is 4.42. The maximum Gasteiger partial charge on any atom is 0.296 e. The van der Waals surface area contributed by atoms with Crippen molar-refractivity contribution in [3.63, 3.8) is 0 Å². The molecule has 6 heteroatoms. The summed E-state index contributed by atoms with van der Waals surface area (Å²) >= 11 is 5.83. The summed E-state index contributed by atoms with van der Waals surface area (Å²) in [6, 6.07) is 10.6. The first-order chi connectivity index (χ1) is 9.36. The van der Waals surface area contributed by atoms with E-state index in [9.17, 15) is 12.8 Å². The quantitative estimate of drug-likeness (QED) is 0.879. The summed E-state index contributed by atoms with van der Waals surface area (Å²) in [5.74, 6) is -0.283. The Labute approximate surface area is 121 Å². The molecule has 0 saturated carbocycles. The monoisotopic (exact) mass is 314 g/mol. The van der Waals surface area contributed by atoms with Crippen molar-refractivity contribution >= 4 is 21.7 Å². The fraction of sp³-hybridized carbons (Fsp3) is 0.143. The highest BCUT2D eigenvalue weighted by molar-refractivity contribution is 7.86. The van der Waals surface area contributed by atoms with Crippen LogP contribution in [0.4, 0.5) is 4.39 Å². The highest BCUT2D eigenvalue weighted by Crippen LogP contribution is 2.23. The number of aryl methyl sites for hydroxylation is 2. The standard InChI is InChI=1S/C14H12ClFO3S/c15-13-9-11(5-8-14(13)20(17,18)19)2-1-10-3-6-12(16)7-4-10/h3-9H,1-2H2,(H,17,18,19). The first-order valence-corrected chi connectivity index (χ1v) is 7.68. The second-order valence-electron chi connectivity index (χ2n) is 4.37. The normalized spacial score (nSPS) is 11.6. The lowest BCUT2D eigenvalue weighted by molar-refractivity contribution is 0.483. The molecule has 0 radical (unpaired) electrons. The molecule has 0 unspecified atom stereocenters. The van der Waals surface area contributed by atoms with E-state index in [0.29, 0.717) is 12.8 Å². The van der Waals surface area contributed by atoms with Gasteiger partial charge in [0.25, 0.3) is 10.1 Å². The van der Waals surface area contributed by atoms with E-state index >= 15 is 0 Å². The number of halogens is 2. The molecule has 0 aliphatic rings. The molecule has 0 aromatic heterocycles. The van der Waals surface area contributed by atoms with Crippen LogP contribution in [-0.2, 0) is 23.0 Å². The van der Waals surface area contributed by atoms with Crippen molar-refractivity contribution in [3.8, 4) is 0 Å². The van der Waals surface area contributed by atoms with Crippen molar-refractivity contribution in [2.45, 2.75) is 17.7 Å². The molecule has 1 N–H and O–H groups in total. The zero-order valence-corrected chi connectivity index (χ0v) is 12.0. The molecular formula is C14H12ClFO3S. The van der Waals surface area contributed by atoms with Gasteiger partial charge in [-0.1, -0.05) is 29.8 Å². The molecule has 2 aromatic carbocycles. The summed E-state index contributed by atoms with van der Waals surface area (Å²) in [6.07, 6.45) is 1.32. The molecular weight excluding hydrogens is 303 g/mol. The molecule has 0 bridgehead atoms. The lowest BCUT2D eigenvalue weighted by Crippen LogP contribution is -2.00. The van der Waals surface area contributed by atoms with Crippen LogP contribution in [0.25, 0.3) is 0 Å². The third kappa shape index (κ3) is 3.79. The average Bonchev–Trinajstić information content (AvgIpc) is 2.36. The Balaban J connectivity index is 2.11. The van der Waals surface area contributed by atoms with E-state index in [1.165, 1.54) is 24.3 Å². The second-order valence-corrected chi connectivity index (χ2v) is 6.16. The third-order valence-electron chi connectivity index (χ3n) is 2.89. The average molecular weight is 315 g/mol. The van der Waals surface area contributed by atoms with Crippen LogP contribution >= 0.6 is 11.6 Å². The van der Waals surface area contributed by atoms with Crippen LogP contribution in [0, 0.1) is 5.82 Å². The van der Waals surface area contributed by atoms with Gasteiger partial charge >= 0.3 is 0 Å². The van der Waals surface area contributed by atoms with Crippen LogP contribution in [-0.4, -0.2) is 13.0 Å². The molecule has 0 spiro atoms. The Hall–Kier alpha value is -1.43. The van der Waals surface area contributed by atoms with Crippen molar-refractivity contribution in [1.29, 1.82) is 0 Å². The zero-order chi connectivity index (χ0) is 14.8. The number of rotatable bonds is 4. The van der Waals surface area contributed by atoms with Gasteiger partial charge in [0.05, 0.1) is 5.02 Å². The Morgan fingerprint density at radius 1 is 1.00 bits per heavy atom. The molecule has 0 atom stereocenters. The van der Waals surface area contributed by atoms with Crippen molar-refractivity contribution < 1.29 is 17.4 Å². The van der Waals surface area contributed by atoms with Gasteiger partial charge in [0, 0.05) is 0 Å². The third-order valence-corrected chi connectivity index (χ3v) is 4.23.